The van der Waals surface area contributed by atoms with Crippen LogP contribution in [0.2, 0.25) is 0 Å². The van der Waals surface area contributed by atoms with Gasteiger partial charge in [0, 0.05) is 68.0 Å². The molecule has 7 heteroatoms. The molecule has 45 heavy (non-hydrogen) atoms. The van der Waals surface area contributed by atoms with E-state index < -0.39 is 0 Å². The Morgan fingerprint density at radius 3 is 1.22 bits per heavy atom. The first kappa shape index (κ1) is 38.4. The van der Waals surface area contributed by atoms with E-state index in [0.717, 1.165) is 44.8 Å². The number of aryl methyl sites for hydroxylation is 2. The molecular formula is C38H42N4O2Ru. The molecule has 0 bridgehead atoms. The van der Waals surface area contributed by atoms with Gasteiger partial charge in [0.25, 0.3) is 0 Å². The summed E-state index contributed by atoms with van der Waals surface area (Å²) in [6.07, 6.45) is 3.46. The fraction of sp³-hybridized carbons (Fsp3) is 0.263. The molecule has 0 radical (unpaired) electrons. The molecule has 0 aliphatic carbocycles. The van der Waals surface area contributed by atoms with Crippen LogP contribution in [0.5, 0.6) is 11.5 Å². The van der Waals surface area contributed by atoms with Gasteiger partial charge in [-0.3, -0.25) is 9.98 Å². The van der Waals surface area contributed by atoms with Gasteiger partial charge in [0.1, 0.15) is 11.5 Å². The summed E-state index contributed by atoms with van der Waals surface area (Å²) >= 11 is 0. The van der Waals surface area contributed by atoms with E-state index in [4.69, 9.17) is 20.5 Å². The third-order valence-corrected chi connectivity index (χ3v) is 6.88. The number of phenols is 2. The molecule has 0 aliphatic heterocycles. The van der Waals surface area contributed by atoms with E-state index in [1.165, 1.54) is 13.8 Å². The Labute approximate surface area is 281 Å². The van der Waals surface area contributed by atoms with Crippen molar-refractivity contribution in [3.63, 3.8) is 0 Å². The first-order chi connectivity index (χ1) is 21.0. The minimum Gasteiger partial charge on any atom is -0.507 e. The van der Waals surface area contributed by atoms with Gasteiger partial charge in [0.2, 0.25) is 0 Å². The van der Waals surface area contributed by atoms with Gasteiger partial charge in [-0.05, 0) is 72.2 Å². The van der Waals surface area contributed by atoms with Crippen molar-refractivity contribution in [2.45, 2.75) is 67.2 Å². The molecule has 6 nitrogen and oxygen atoms in total. The van der Waals surface area contributed by atoms with E-state index in [-0.39, 0.29) is 42.8 Å². The second-order valence-corrected chi connectivity index (χ2v) is 10.8. The Hall–Kier alpha value is -4.58. The van der Waals surface area contributed by atoms with Crippen molar-refractivity contribution in [1.82, 2.24) is 0 Å². The summed E-state index contributed by atoms with van der Waals surface area (Å²) in [7, 11) is 0. The molecule has 0 spiro atoms. The van der Waals surface area contributed by atoms with Gasteiger partial charge in [-0.15, -0.1) is 0 Å². The molecule has 0 atom stereocenters. The molecule has 0 amide bonds. The molecule has 234 valence electrons. The van der Waals surface area contributed by atoms with Crippen LogP contribution >= 0.6 is 0 Å². The van der Waals surface area contributed by atoms with E-state index >= 15 is 0 Å². The predicted octanol–water partition coefficient (Wildman–Crippen LogP) is 10.2. The Morgan fingerprint density at radius 1 is 0.600 bits per heavy atom. The van der Waals surface area contributed by atoms with Gasteiger partial charge in [0.05, 0.1) is 23.5 Å². The molecule has 0 heterocycles. The Morgan fingerprint density at radius 2 is 0.911 bits per heavy atom. The molecule has 4 aromatic rings. The van der Waals surface area contributed by atoms with E-state index in [1.807, 2.05) is 60.7 Å². The van der Waals surface area contributed by atoms with Crippen LogP contribution in [0, 0.1) is 36.5 Å². The zero-order valence-electron chi connectivity index (χ0n) is 27.3. The third-order valence-electron chi connectivity index (χ3n) is 6.88. The molecule has 0 fully saturated rings. The van der Waals surface area contributed by atoms with E-state index in [2.05, 4.69) is 53.7 Å². The minimum atomic E-state index is 0. The summed E-state index contributed by atoms with van der Waals surface area (Å²) in [6.45, 7) is 15.3. The zero-order chi connectivity index (χ0) is 32.8. The zero-order valence-corrected chi connectivity index (χ0v) is 29.0. The summed E-state index contributed by atoms with van der Waals surface area (Å²) in [5.74, 6) is 0.965. The van der Waals surface area contributed by atoms with Crippen molar-refractivity contribution in [3.8, 4) is 34.8 Å². The van der Waals surface area contributed by atoms with Crippen molar-refractivity contribution in [1.29, 1.82) is 10.5 Å². The number of hydrogen-bond donors (Lipinski definition) is 2. The Kier molecular flexibility index (Phi) is 16.2. The molecular weight excluding hydrogens is 646 g/mol. The Bertz CT molecular complexity index is 1580. The number of rotatable bonds is 7. The first-order valence-electron chi connectivity index (χ1n) is 14.5. The van der Waals surface area contributed by atoms with Crippen LogP contribution in [0.25, 0.3) is 11.1 Å². The largest absolute Gasteiger partial charge is 0.507 e. The number of benzene rings is 4. The molecule has 0 unspecified atom stereocenters. The van der Waals surface area contributed by atoms with Crippen molar-refractivity contribution in [2.75, 3.05) is 0 Å². The number of nitrogens with zero attached hydrogens (tertiary/aromatic N) is 4. The second kappa shape index (κ2) is 18.9. The van der Waals surface area contributed by atoms with E-state index in [0.29, 0.717) is 11.1 Å². The maximum atomic E-state index is 10.8. The van der Waals surface area contributed by atoms with E-state index in [9.17, 15) is 10.2 Å². The average Bonchev–Trinajstić information content (AvgIpc) is 2.97. The van der Waals surface area contributed by atoms with Crippen LogP contribution in [-0.4, -0.2) is 22.6 Å². The molecule has 4 aromatic carbocycles. The van der Waals surface area contributed by atoms with Gasteiger partial charge in [-0.2, -0.15) is 10.5 Å². The van der Waals surface area contributed by atoms with Crippen LogP contribution in [0.3, 0.4) is 0 Å². The summed E-state index contributed by atoms with van der Waals surface area (Å²) < 4.78 is 0. The molecule has 0 saturated heterocycles. The molecule has 0 aromatic heterocycles. The standard InChI is InChI=1S/C34H36N2O2.2C2H3N.Ru/c1-21(2)27-15-9-13-25(33(27)37)19-35-29-17-7-11-23(5)31(29)32-24(6)12-8-18-30(32)36-20-26-14-10-16-28(22(3)4)34(26)38;2*1-2-3;/h7-22,37-38H,1-6H3;2*1H3;. The van der Waals surface area contributed by atoms with Gasteiger partial charge >= 0.3 is 0 Å². The monoisotopic (exact) mass is 688 g/mol. The third kappa shape index (κ3) is 10.2. The van der Waals surface area contributed by atoms with Crippen molar-refractivity contribution in [2.24, 2.45) is 9.98 Å². The molecule has 2 N–H and O–H groups in total. The van der Waals surface area contributed by atoms with Gasteiger partial charge in [-0.1, -0.05) is 76.2 Å². The predicted molar refractivity (Wildman–Crippen MR) is 183 cm³/mol. The summed E-state index contributed by atoms with van der Waals surface area (Å²) in [5, 5.41) is 36.2. The number of nitriles is 2. The smallest absolute Gasteiger partial charge is 0.127 e. The van der Waals surface area contributed by atoms with Gasteiger partial charge < -0.3 is 10.2 Å². The fourth-order valence-corrected chi connectivity index (χ4v) is 4.75. The summed E-state index contributed by atoms with van der Waals surface area (Å²) in [4.78, 5) is 9.69. The van der Waals surface area contributed by atoms with Crippen LogP contribution < -0.4 is 0 Å². The molecule has 4 rings (SSSR count). The van der Waals surface area contributed by atoms with Crippen molar-refractivity contribution < 1.29 is 29.7 Å². The van der Waals surface area contributed by atoms with Gasteiger partial charge in [0.15, 0.2) is 0 Å². The van der Waals surface area contributed by atoms with Crippen LogP contribution in [0.15, 0.2) is 82.8 Å². The van der Waals surface area contributed by atoms with Crippen LogP contribution in [0.1, 0.15) is 86.8 Å². The molecule has 0 aliphatic rings. The average molecular weight is 688 g/mol. The summed E-state index contributed by atoms with van der Waals surface area (Å²) in [6, 6.07) is 27.1. The van der Waals surface area contributed by atoms with Crippen molar-refractivity contribution >= 4 is 23.8 Å². The quantitative estimate of drug-likeness (QED) is 0.149. The number of para-hydroxylation sites is 2. The van der Waals surface area contributed by atoms with E-state index in [1.54, 1.807) is 24.6 Å². The topological polar surface area (TPSA) is 113 Å². The van der Waals surface area contributed by atoms with Gasteiger partial charge in [-0.25, -0.2) is 0 Å². The van der Waals surface area contributed by atoms with Crippen LogP contribution in [-0.2, 0) is 19.5 Å². The Balaban J connectivity index is 0.00000134. The van der Waals surface area contributed by atoms with Crippen LogP contribution in [0.4, 0.5) is 11.4 Å². The maximum Gasteiger partial charge on any atom is 0.127 e. The maximum absolute atomic E-state index is 10.8. The second-order valence-electron chi connectivity index (χ2n) is 10.8. The molecule has 0 saturated carbocycles. The SMILES string of the molecule is CC#N.CC#N.Cc1cccc(N=Cc2cccc(C(C)C)c2O)c1-c1c(C)cccc1N=Cc1cccc(C(C)C)c1O.[Ru]. The number of aromatic hydroxyl groups is 2. The normalized spacial score (nSPS) is 10.4. The fourth-order valence-electron chi connectivity index (χ4n) is 4.75. The first-order valence-corrected chi connectivity index (χ1v) is 14.5. The number of phenolic OH excluding ortho intramolecular Hbond substituents is 2. The summed E-state index contributed by atoms with van der Waals surface area (Å²) in [5.41, 5.74) is 8.93. The number of aliphatic imine (C=N–C) groups is 2. The minimum absolute atomic E-state index is 0. The van der Waals surface area contributed by atoms with Crippen molar-refractivity contribution in [3.05, 3.63) is 106 Å². The number of hydrogen-bond acceptors (Lipinski definition) is 6.